The van der Waals surface area contributed by atoms with Crippen LogP contribution in [0, 0.1) is 11.8 Å². The van der Waals surface area contributed by atoms with E-state index < -0.39 is 0 Å². The highest BCUT2D eigenvalue weighted by molar-refractivity contribution is 5.85. The topological polar surface area (TPSA) is 71.1 Å². The number of hydrogen-bond donors (Lipinski definition) is 0. The molecule has 4 rings (SSSR count). The Morgan fingerprint density at radius 2 is 1.16 bits per heavy atom. The molecule has 4 atom stereocenters. The number of hydrogen-bond acceptors (Lipinski definition) is 6. The third kappa shape index (κ3) is 5.42. The van der Waals surface area contributed by atoms with E-state index in [1.165, 1.54) is 0 Å². The van der Waals surface area contributed by atoms with Crippen LogP contribution in [-0.4, -0.2) is 37.4 Å². The van der Waals surface area contributed by atoms with Crippen LogP contribution >= 0.6 is 0 Å². The molecule has 0 saturated heterocycles. The summed E-state index contributed by atoms with van der Waals surface area (Å²) < 4.78 is 22.4. The lowest BCUT2D eigenvalue weighted by molar-refractivity contribution is -0.144. The van der Waals surface area contributed by atoms with Gasteiger partial charge in [0.2, 0.25) is 0 Å². The molecule has 32 heavy (non-hydrogen) atoms. The van der Waals surface area contributed by atoms with Crippen molar-refractivity contribution < 1.29 is 28.5 Å². The van der Waals surface area contributed by atoms with Crippen LogP contribution in [0.25, 0.3) is 0 Å². The van der Waals surface area contributed by atoms with Gasteiger partial charge in [0.15, 0.2) is 0 Å². The molecule has 0 fully saturated rings. The Morgan fingerprint density at radius 1 is 0.719 bits per heavy atom. The molecule has 4 aliphatic rings. The molecule has 170 valence electrons. The molecule has 6 nitrogen and oxygen atoms in total. The van der Waals surface area contributed by atoms with Crippen molar-refractivity contribution in [2.45, 2.75) is 51.7 Å². The largest absolute Gasteiger partial charge is 0.494 e. The predicted molar refractivity (Wildman–Crippen MR) is 119 cm³/mol. The highest BCUT2D eigenvalue weighted by atomic mass is 16.6. The van der Waals surface area contributed by atoms with E-state index in [2.05, 4.69) is 0 Å². The summed E-state index contributed by atoms with van der Waals surface area (Å²) in [6.45, 7) is 5.16. The molecule has 0 radical (unpaired) electrons. The molecular formula is C26H30O6. The number of rotatable bonds is 9. The molecule has 0 aromatic carbocycles. The molecule has 0 N–H and O–H groups in total. The maximum absolute atomic E-state index is 11.6. The standard InChI is InChI=1S/C26H30O6/c1-17-13-25(27)31-23-15-19(7-9-21(17)23)29-11-5-3-4-6-12-30-20-8-10-22-18(2)14-26(28)32-24(22)16-20/h7-10,13-16,21-24H,3-6,11-12H2,1-2H3/t21-,22-,23+,24+/m0/s1. The smallest absolute Gasteiger partial charge is 0.331 e. The Hall–Kier alpha value is -3.02. The minimum absolute atomic E-state index is 0.116. The fourth-order valence-electron chi connectivity index (χ4n) is 4.33. The molecule has 0 saturated carbocycles. The molecule has 2 aliphatic heterocycles. The van der Waals surface area contributed by atoms with Crippen LogP contribution in [0.3, 0.4) is 0 Å². The minimum Gasteiger partial charge on any atom is -0.494 e. The molecule has 0 unspecified atom stereocenters. The Balaban J connectivity index is 1.09. The van der Waals surface area contributed by atoms with Crippen LogP contribution in [0.4, 0.5) is 0 Å². The molecule has 0 amide bonds. The summed E-state index contributed by atoms with van der Waals surface area (Å²) >= 11 is 0. The van der Waals surface area contributed by atoms with Crippen LogP contribution in [0.15, 0.2) is 71.3 Å². The Labute approximate surface area is 188 Å². The Bertz CT molecular complexity index is 856. The second-order valence-corrected chi connectivity index (χ2v) is 8.60. The van der Waals surface area contributed by atoms with Crippen LogP contribution in [0.2, 0.25) is 0 Å². The van der Waals surface area contributed by atoms with Gasteiger partial charge in [-0.05, 0) is 63.8 Å². The first-order valence-corrected chi connectivity index (χ1v) is 11.3. The summed E-state index contributed by atoms with van der Waals surface area (Å²) in [7, 11) is 0. The highest BCUT2D eigenvalue weighted by Gasteiger charge is 2.31. The van der Waals surface area contributed by atoms with Gasteiger partial charge in [-0.1, -0.05) is 23.3 Å². The van der Waals surface area contributed by atoms with Crippen LogP contribution in [-0.2, 0) is 28.5 Å². The number of unbranched alkanes of at least 4 members (excludes halogenated alkanes) is 3. The van der Waals surface area contributed by atoms with Gasteiger partial charge in [0.1, 0.15) is 23.7 Å². The highest BCUT2D eigenvalue weighted by Crippen LogP contribution is 2.31. The van der Waals surface area contributed by atoms with Crippen molar-refractivity contribution in [3.63, 3.8) is 0 Å². The zero-order valence-electron chi connectivity index (χ0n) is 18.6. The van der Waals surface area contributed by atoms with E-state index in [1.807, 2.05) is 50.3 Å². The number of allylic oxidation sites excluding steroid dienone is 2. The number of carbonyl (C=O) groups excluding carboxylic acids is 2. The SMILES string of the molecule is CC1=CC(=O)O[C@@H]2C=C(OCCCCCCOC3=C[C@H]4OC(=O)C=C(C)[C@@H]4C=C3)C=C[C@@H]12. The Kier molecular flexibility index (Phi) is 6.98. The van der Waals surface area contributed by atoms with Gasteiger partial charge in [0.05, 0.1) is 13.2 Å². The molecule has 2 aliphatic carbocycles. The average Bonchev–Trinajstić information content (AvgIpc) is 2.74. The van der Waals surface area contributed by atoms with Crippen LogP contribution < -0.4 is 0 Å². The first-order valence-electron chi connectivity index (χ1n) is 11.3. The van der Waals surface area contributed by atoms with E-state index in [-0.39, 0.29) is 36.0 Å². The van der Waals surface area contributed by atoms with Crippen molar-refractivity contribution in [2.24, 2.45) is 11.8 Å². The van der Waals surface area contributed by atoms with Gasteiger partial charge < -0.3 is 18.9 Å². The lowest BCUT2D eigenvalue weighted by atomic mass is 9.88. The van der Waals surface area contributed by atoms with Gasteiger partial charge >= 0.3 is 11.9 Å². The van der Waals surface area contributed by atoms with Crippen molar-refractivity contribution >= 4 is 11.9 Å². The summed E-state index contributed by atoms with van der Waals surface area (Å²) in [6, 6.07) is 0. The van der Waals surface area contributed by atoms with Crippen molar-refractivity contribution in [3.8, 4) is 0 Å². The molecule has 6 heteroatoms. The lowest BCUT2D eigenvalue weighted by Gasteiger charge is -2.29. The fourth-order valence-corrected chi connectivity index (χ4v) is 4.33. The van der Waals surface area contributed by atoms with Gasteiger partial charge in [-0.2, -0.15) is 0 Å². The maximum Gasteiger partial charge on any atom is 0.331 e. The van der Waals surface area contributed by atoms with E-state index in [1.54, 1.807) is 12.2 Å². The van der Waals surface area contributed by atoms with E-state index in [9.17, 15) is 9.59 Å². The number of carbonyl (C=O) groups is 2. The first kappa shape index (κ1) is 22.2. The lowest BCUT2D eigenvalue weighted by Crippen LogP contribution is -2.31. The van der Waals surface area contributed by atoms with Gasteiger partial charge in [-0.15, -0.1) is 0 Å². The van der Waals surface area contributed by atoms with Gasteiger partial charge in [-0.25, -0.2) is 9.59 Å². The summed E-state index contributed by atoms with van der Waals surface area (Å²) in [5.74, 6) is 1.18. The molecule has 0 bridgehead atoms. The monoisotopic (exact) mass is 438 g/mol. The summed E-state index contributed by atoms with van der Waals surface area (Å²) in [4.78, 5) is 23.2. The molecule has 0 aromatic rings. The predicted octanol–water partition coefficient (Wildman–Crippen LogP) is 4.46. The van der Waals surface area contributed by atoms with E-state index in [0.717, 1.165) is 48.3 Å². The average molecular weight is 439 g/mol. The third-order valence-electron chi connectivity index (χ3n) is 6.12. The van der Waals surface area contributed by atoms with Crippen molar-refractivity contribution in [1.29, 1.82) is 0 Å². The molecule has 0 aromatic heterocycles. The van der Waals surface area contributed by atoms with E-state index >= 15 is 0 Å². The first-order chi connectivity index (χ1) is 15.5. The quantitative estimate of drug-likeness (QED) is 0.391. The third-order valence-corrected chi connectivity index (χ3v) is 6.12. The van der Waals surface area contributed by atoms with Crippen molar-refractivity contribution in [3.05, 3.63) is 71.3 Å². The molecule has 0 spiro atoms. The number of ether oxygens (including phenoxy) is 4. The Morgan fingerprint density at radius 3 is 1.59 bits per heavy atom. The van der Waals surface area contributed by atoms with Gasteiger partial charge in [0, 0.05) is 24.0 Å². The van der Waals surface area contributed by atoms with Gasteiger partial charge in [-0.3, -0.25) is 0 Å². The van der Waals surface area contributed by atoms with Crippen molar-refractivity contribution in [2.75, 3.05) is 13.2 Å². The van der Waals surface area contributed by atoms with Gasteiger partial charge in [0.25, 0.3) is 0 Å². The number of esters is 2. The normalized spacial score (nSPS) is 28.3. The summed E-state index contributed by atoms with van der Waals surface area (Å²) in [6.07, 6.45) is 18.4. The second-order valence-electron chi connectivity index (χ2n) is 8.60. The summed E-state index contributed by atoms with van der Waals surface area (Å²) in [5.41, 5.74) is 2.04. The van der Waals surface area contributed by atoms with Crippen LogP contribution in [0.1, 0.15) is 39.5 Å². The molecule has 2 heterocycles. The van der Waals surface area contributed by atoms with E-state index in [4.69, 9.17) is 18.9 Å². The minimum atomic E-state index is -0.289. The maximum atomic E-state index is 11.6. The van der Waals surface area contributed by atoms with E-state index in [0.29, 0.717) is 13.2 Å². The fraction of sp³-hybridized carbons (Fsp3) is 0.462. The zero-order chi connectivity index (χ0) is 22.5. The second kappa shape index (κ2) is 10.1. The zero-order valence-corrected chi connectivity index (χ0v) is 18.6. The number of fused-ring (bicyclic) bond motifs is 2. The summed E-state index contributed by atoms with van der Waals surface area (Å²) in [5, 5.41) is 0. The van der Waals surface area contributed by atoms with Crippen molar-refractivity contribution in [1.82, 2.24) is 0 Å². The molecular weight excluding hydrogens is 408 g/mol. The van der Waals surface area contributed by atoms with Crippen LogP contribution in [0.5, 0.6) is 0 Å².